The molecule has 0 fully saturated rings. The number of aromatic nitrogens is 2. The normalized spacial score (nSPS) is 12.1. The molecule has 0 atom stereocenters. The molecule has 0 aliphatic rings. The van der Waals surface area contributed by atoms with Gasteiger partial charge in [-0.3, -0.25) is 4.68 Å². The van der Waals surface area contributed by atoms with Gasteiger partial charge in [0, 0.05) is 13.2 Å². The number of aryl methyl sites for hydroxylation is 1. The third kappa shape index (κ3) is 1.50. The van der Waals surface area contributed by atoms with Crippen molar-refractivity contribution in [2.45, 2.75) is 6.18 Å². The zero-order valence-corrected chi connectivity index (χ0v) is 5.48. The Morgan fingerprint density at radius 3 is 2.18 bits per heavy atom. The fraction of sp³-hybridized carbons (Fsp3) is 0.400. The van der Waals surface area contributed by atoms with Crippen LogP contribution in [0.1, 0.15) is 5.56 Å². The fourth-order valence-corrected chi connectivity index (χ4v) is 0.651. The lowest BCUT2D eigenvalue weighted by molar-refractivity contribution is -0.140. The Balaban J connectivity index is 3.13. The van der Waals surface area contributed by atoms with E-state index in [1.54, 1.807) is 0 Å². The van der Waals surface area contributed by atoms with E-state index in [-0.39, 0.29) is 0 Å². The zero-order valence-electron chi connectivity index (χ0n) is 5.48. The van der Waals surface area contributed by atoms with Crippen LogP contribution in [0.15, 0.2) is 6.20 Å². The highest BCUT2D eigenvalue weighted by Crippen LogP contribution is 2.30. The van der Waals surface area contributed by atoms with Crippen molar-refractivity contribution in [1.82, 2.24) is 9.78 Å². The first-order valence-electron chi connectivity index (χ1n) is 2.67. The highest BCUT2D eigenvalue weighted by Gasteiger charge is 2.36. The fourth-order valence-electron chi connectivity index (χ4n) is 0.651. The van der Waals surface area contributed by atoms with Crippen molar-refractivity contribution < 1.29 is 17.6 Å². The predicted octanol–water partition coefficient (Wildman–Crippen LogP) is 1.58. The summed E-state index contributed by atoms with van der Waals surface area (Å²) < 4.78 is 48.3. The van der Waals surface area contributed by atoms with Gasteiger partial charge < -0.3 is 0 Å². The SMILES string of the molecule is Cn1cc(C(F)(F)F)c(F)n1. The van der Waals surface area contributed by atoms with E-state index in [1.165, 1.54) is 7.05 Å². The molecule has 0 aliphatic heterocycles. The maximum absolute atomic E-state index is 12.3. The van der Waals surface area contributed by atoms with Gasteiger partial charge >= 0.3 is 6.18 Å². The molecule has 11 heavy (non-hydrogen) atoms. The first kappa shape index (κ1) is 8.03. The van der Waals surface area contributed by atoms with Crippen molar-refractivity contribution in [3.8, 4) is 0 Å². The number of halogens is 4. The quantitative estimate of drug-likeness (QED) is 0.537. The smallest absolute Gasteiger partial charge is 0.272 e. The van der Waals surface area contributed by atoms with Crippen LogP contribution in [-0.2, 0) is 13.2 Å². The Morgan fingerprint density at radius 1 is 1.45 bits per heavy atom. The minimum Gasteiger partial charge on any atom is -0.272 e. The van der Waals surface area contributed by atoms with Crippen molar-refractivity contribution in [3.63, 3.8) is 0 Å². The number of hydrogen-bond acceptors (Lipinski definition) is 1. The third-order valence-electron chi connectivity index (χ3n) is 1.09. The van der Waals surface area contributed by atoms with E-state index in [2.05, 4.69) is 5.10 Å². The van der Waals surface area contributed by atoms with Crippen molar-refractivity contribution in [3.05, 3.63) is 17.7 Å². The second kappa shape index (κ2) is 2.21. The summed E-state index contributed by atoms with van der Waals surface area (Å²) in [4.78, 5) is 0. The zero-order chi connectivity index (χ0) is 8.65. The van der Waals surface area contributed by atoms with E-state index in [0.29, 0.717) is 6.20 Å². The Kier molecular flexibility index (Phi) is 1.62. The molecule has 1 heterocycles. The summed E-state index contributed by atoms with van der Waals surface area (Å²) >= 11 is 0. The summed E-state index contributed by atoms with van der Waals surface area (Å²) in [6.07, 6.45) is -4.06. The lowest BCUT2D eigenvalue weighted by Gasteiger charge is -2.00. The molecule has 1 aromatic rings. The maximum Gasteiger partial charge on any atom is 0.422 e. The molecule has 2 nitrogen and oxygen atoms in total. The Morgan fingerprint density at radius 2 is 2.00 bits per heavy atom. The van der Waals surface area contributed by atoms with Crippen LogP contribution in [0.25, 0.3) is 0 Å². The summed E-state index contributed by atoms with van der Waals surface area (Å²) in [5.74, 6) is -1.49. The summed E-state index contributed by atoms with van der Waals surface area (Å²) in [5, 5.41) is 2.91. The number of alkyl halides is 3. The molecule has 0 unspecified atom stereocenters. The maximum atomic E-state index is 12.3. The molecule has 0 saturated heterocycles. The van der Waals surface area contributed by atoms with E-state index in [9.17, 15) is 17.6 Å². The molecule has 1 aromatic heterocycles. The summed E-state index contributed by atoms with van der Waals surface area (Å²) in [7, 11) is 1.22. The summed E-state index contributed by atoms with van der Waals surface area (Å²) in [6.45, 7) is 0. The van der Waals surface area contributed by atoms with Crippen LogP contribution < -0.4 is 0 Å². The second-order valence-electron chi connectivity index (χ2n) is 2.01. The number of rotatable bonds is 0. The van der Waals surface area contributed by atoms with Crippen LogP contribution in [0.3, 0.4) is 0 Å². The van der Waals surface area contributed by atoms with Gasteiger partial charge in [0.25, 0.3) is 0 Å². The molecule has 0 amide bonds. The van der Waals surface area contributed by atoms with E-state index in [4.69, 9.17) is 0 Å². The van der Waals surface area contributed by atoms with Crippen LogP contribution in [0, 0.1) is 5.95 Å². The molecule has 0 aliphatic carbocycles. The Labute approximate surface area is 59.4 Å². The largest absolute Gasteiger partial charge is 0.422 e. The van der Waals surface area contributed by atoms with Crippen LogP contribution in [0.2, 0.25) is 0 Å². The Bertz CT molecular complexity index is 262. The van der Waals surface area contributed by atoms with Crippen LogP contribution in [0.5, 0.6) is 0 Å². The van der Waals surface area contributed by atoms with Crippen molar-refractivity contribution in [2.75, 3.05) is 0 Å². The van der Waals surface area contributed by atoms with Gasteiger partial charge in [-0.25, -0.2) is 0 Å². The molecular formula is C5H4F4N2. The summed E-state index contributed by atoms with van der Waals surface area (Å²) in [6, 6.07) is 0. The van der Waals surface area contributed by atoms with Crippen molar-refractivity contribution in [1.29, 1.82) is 0 Å². The molecule has 1 rings (SSSR count). The molecule has 0 N–H and O–H groups in total. The van der Waals surface area contributed by atoms with E-state index in [1.807, 2.05) is 0 Å². The van der Waals surface area contributed by atoms with E-state index < -0.39 is 17.7 Å². The molecule has 0 spiro atoms. The lowest BCUT2D eigenvalue weighted by atomic mass is 10.3. The minimum absolute atomic E-state index is 0.593. The van der Waals surface area contributed by atoms with Gasteiger partial charge in [-0.15, -0.1) is 5.10 Å². The molecule has 62 valence electrons. The predicted molar refractivity (Wildman–Crippen MR) is 28.2 cm³/mol. The molecule has 0 radical (unpaired) electrons. The average Bonchev–Trinajstić information content (AvgIpc) is 2.08. The van der Waals surface area contributed by atoms with Gasteiger partial charge in [0.15, 0.2) is 0 Å². The highest BCUT2D eigenvalue weighted by atomic mass is 19.4. The topological polar surface area (TPSA) is 17.8 Å². The van der Waals surface area contributed by atoms with Crippen LogP contribution in [0.4, 0.5) is 17.6 Å². The molecule has 0 bridgehead atoms. The van der Waals surface area contributed by atoms with Gasteiger partial charge in [-0.05, 0) is 0 Å². The average molecular weight is 168 g/mol. The Hall–Kier alpha value is -1.07. The minimum atomic E-state index is -4.65. The molecular weight excluding hydrogens is 164 g/mol. The van der Waals surface area contributed by atoms with Crippen LogP contribution >= 0.6 is 0 Å². The second-order valence-corrected chi connectivity index (χ2v) is 2.01. The van der Waals surface area contributed by atoms with Gasteiger partial charge in [0.2, 0.25) is 5.95 Å². The van der Waals surface area contributed by atoms with E-state index >= 15 is 0 Å². The summed E-state index contributed by atoms with van der Waals surface area (Å²) in [5.41, 5.74) is -1.33. The van der Waals surface area contributed by atoms with E-state index in [0.717, 1.165) is 4.68 Å². The van der Waals surface area contributed by atoms with Gasteiger partial charge in [0.1, 0.15) is 5.56 Å². The lowest BCUT2D eigenvalue weighted by Crippen LogP contribution is -2.05. The van der Waals surface area contributed by atoms with Gasteiger partial charge in [-0.1, -0.05) is 0 Å². The first-order valence-corrected chi connectivity index (χ1v) is 2.67. The molecule has 0 saturated carbocycles. The van der Waals surface area contributed by atoms with Gasteiger partial charge in [-0.2, -0.15) is 17.6 Å². The third-order valence-corrected chi connectivity index (χ3v) is 1.09. The highest BCUT2D eigenvalue weighted by molar-refractivity contribution is 5.10. The monoisotopic (exact) mass is 168 g/mol. The number of hydrogen-bond donors (Lipinski definition) is 0. The van der Waals surface area contributed by atoms with Crippen molar-refractivity contribution >= 4 is 0 Å². The van der Waals surface area contributed by atoms with Crippen molar-refractivity contribution in [2.24, 2.45) is 7.05 Å². The number of nitrogens with zero attached hydrogens (tertiary/aromatic N) is 2. The van der Waals surface area contributed by atoms with Gasteiger partial charge in [0.05, 0.1) is 0 Å². The standard InChI is InChI=1S/C5H4F4N2/c1-11-2-3(4(6)10-11)5(7,8)9/h2H,1H3. The molecule has 6 heteroatoms. The first-order chi connectivity index (χ1) is 4.91. The molecule has 0 aromatic carbocycles. The van der Waals surface area contributed by atoms with Crippen LogP contribution in [-0.4, -0.2) is 9.78 Å².